The van der Waals surface area contributed by atoms with Crippen LogP contribution in [0.3, 0.4) is 0 Å². The molecule has 1 heterocycles. The van der Waals surface area contributed by atoms with Crippen LogP contribution >= 0.6 is 0 Å². The minimum atomic E-state index is -3.70. The highest BCUT2D eigenvalue weighted by molar-refractivity contribution is 7.92. The average Bonchev–Trinajstić information content (AvgIpc) is 3.18. The van der Waals surface area contributed by atoms with Gasteiger partial charge in [0.1, 0.15) is 5.75 Å². The van der Waals surface area contributed by atoms with Crippen LogP contribution in [-0.4, -0.2) is 39.4 Å². The molecule has 1 aliphatic rings. The predicted molar refractivity (Wildman–Crippen MR) is 99.8 cm³/mol. The number of benzene rings is 2. The molecule has 0 bridgehead atoms. The van der Waals surface area contributed by atoms with Gasteiger partial charge in [-0.25, -0.2) is 8.42 Å². The van der Waals surface area contributed by atoms with Gasteiger partial charge in [-0.1, -0.05) is 18.2 Å². The van der Waals surface area contributed by atoms with Gasteiger partial charge in [-0.3, -0.25) is 9.52 Å². The second-order valence-corrected chi connectivity index (χ2v) is 7.93. The highest BCUT2D eigenvalue weighted by atomic mass is 32.2. The summed E-state index contributed by atoms with van der Waals surface area (Å²) in [6.07, 6.45) is 2.47. The Kier molecular flexibility index (Phi) is 5.46. The number of carbonyl (C=O) groups is 1. The average molecular weight is 374 g/mol. The molecule has 1 fully saturated rings. The van der Waals surface area contributed by atoms with E-state index in [1.165, 1.54) is 19.2 Å². The summed E-state index contributed by atoms with van der Waals surface area (Å²) in [5.41, 5.74) is 1.32. The number of sulfonamides is 1. The molecule has 1 saturated heterocycles. The Labute approximate surface area is 153 Å². The number of rotatable bonds is 6. The van der Waals surface area contributed by atoms with Gasteiger partial charge in [0.15, 0.2) is 0 Å². The number of anilines is 1. The Morgan fingerprint density at radius 1 is 1.12 bits per heavy atom. The molecule has 0 aromatic heterocycles. The van der Waals surface area contributed by atoms with Crippen molar-refractivity contribution in [3.05, 3.63) is 54.1 Å². The van der Waals surface area contributed by atoms with Crippen LogP contribution in [0.5, 0.6) is 5.75 Å². The molecular formula is C19H22N2O4S. The standard InChI is InChI=1S/C19H22N2O4S/c1-25-17-5-4-6-18(14-17)26(23,24)20-16-9-7-15(8-10-16)13-19(22)21-11-2-3-12-21/h4-10,14,20H,2-3,11-13H2,1H3. The number of likely N-dealkylation sites (tertiary alicyclic amines) is 1. The maximum Gasteiger partial charge on any atom is 0.262 e. The lowest BCUT2D eigenvalue weighted by molar-refractivity contribution is -0.129. The molecule has 2 aromatic carbocycles. The van der Waals surface area contributed by atoms with Crippen LogP contribution in [-0.2, 0) is 21.2 Å². The molecule has 0 saturated carbocycles. The van der Waals surface area contributed by atoms with E-state index in [2.05, 4.69) is 4.72 Å². The number of hydrogen-bond donors (Lipinski definition) is 1. The Hall–Kier alpha value is -2.54. The summed E-state index contributed by atoms with van der Waals surface area (Å²) in [6, 6.07) is 13.2. The third-order valence-corrected chi connectivity index (χ3v) is 5.75. The van der Waals surface area contributed by atoms with Crippen LogP contribution < -0.4 is 9.46 Å². The fourth-order valence-electron chi connectivity index (χ4n) is 2.93. The molecule has 7 heteroatoms. The van der Waals surface area contributed by atoms with Crippen molar-refractivity contribution in [1.29, 1.82) is 0 Å². The zero-order valence-corrected chi connectivity index (χ0v) is 15.5. The largest absolute Gasteiger partial charge is 0.497 e. The molecule has 0 unspecified atom stereocenters. The summed E-state index contributed by atoms with van der Waals surface area (Å²) < 4.78 is 32.6. The molecule has 0 spiro atoms. The van der Waals surface area contributed by atoms with Crippen LogP contribution in [0.1, 0.15) is 18.4 Å². The number of nitrogens with zero attached hydrogens (tertiary/aromatic N) is 1. The fraction of sp³-hybridized carbons (Fsp3) is 0.316. The van der Waals surface area contributed by atoms with Crippen molar-refractivity contribution in [3.8, 4) is 5.75 Å². The number of amides is 1. The first-order valence-electron chi connectivity index (χ1n) is 8.51. The van der Waals surface area contributed by atoms with Crippen molar-refractivity contribution in [2.75, 3.05) is 24.9 Å². The maximum atomic E-state index is 12.5. The van der Waals surface area contributed by atoms with Gasteiger partial charge in [0.25, 0.3) is 10.0 Å². The monoisotopic (exact) mass is 374 g/mol. The third-order valence-electron chi connectivity index (χ3n) is 4.37. The van der Waals surface area contributed by atoms with E-state index in [-0.39, 0.29) is 10.8 Å². The molecule has 0 radical (unpaired) electrons. The molecule has 3 rings (SSSR count). The molecule has 26 heavy (non-hydrogen) atoms. The van der Waals surface area contributed by atoms with Crippen molar-refractivity contribution in [3.63, 3.8) is 0 Å². The smallest absolute Gasteiger partial charge is 0.262 e. The van der Waals surface area contributed by atoms with Gasteiger partial charge in [0.05, 0.1) is 18.4 Å². The molecule has 1 N–H and O–H groups in total. The summed E-state index contributed by atoms with van der Waals surface area (Å²) in [4.78, 5) is 14.2. The van der Waals surface area contributed by atoms with Gasteiger partial charge in [0, 0.05) is 24.8 Å². The van der Waals surface area contributed by atoms with E-state index in [1.807, 2.05) is 4.90 Å². The Bertz CT molecular complexity index is 873. The molecule has 0 atom stereocenters. The van der Waals surface area contributed by atoms with E-state index in [1.54, 1.807) is 36.4 Å². The predicted octanol–water partition coefficient (Wildman–Crippen LogP) is 2.66. The summed E-state index contributed by atoms with van der Waals surface area (Å²) in [7, 11) is -2.21. The molecule has 6 nitrogen and oxygen atoms in total. The van der Waals surface area contributed by atoms with Crippen LogP contribution in [0.2, 0.25) is 0 Å². The summed E-state index contributed by atoms with van der Waals surface area (Å²) in [5, 5.41) is 0. The second-order valence-electron chi connectivity index (χ2n) is 6.25. The van der Waals surface area contributed by atoms with Gasteiger partial charge >= 0.3 is 0 Å². The lowest BCUT2D eigenvalue weighted by Gasteiger charge is -2.15. The Morgan fingerprint density at radius 3 is 2.46 bits per heavy atom. The minimum absolute atomic E-state index is 0.118. The minimum Gasteiger partial charge on any atom is -0.497 e. The number of methoxy groups -OCH3 is 1. The maximum absolute atomic E-state index is 12.5. The normalized spacial score (nSPS) is 14.3. The van der Waals surface area contributed by atoms with Crippen molar-refractivity contribution in [2.24, 2.45) is 0 Å². The summed E-state index contributed by atoms with van der Waals surface area (Å²) in [6.45, 7) is 1.66. The van der Waals surface area contributed by atoms with Crippen LogP contribution in [0, 0.1) is 0 Å². The lowest BCUT2D eigenvalue weighted by atomic mass is 10.1. The number of nitrogens with one attached hydrogen (secondary N) is 1. The zero-order chi connectivity index (χ0) is 18.6. The van der Waals surface area contributed by atoms with Gasteiger partial charge in [-0.05, 0) is 42.7 Å². The third kappa shape index (κ3) is 4.35. The molecule has 0 aliphatic carbocycles. The van der Waals surface area contributed by atoms with Crippen LogP contribution in [0.4, 0.5) is 5.69 Å². The van der Waals surface area contributed by atoms with E-state index in [0.717, 1.165) is 31.5 Å². The van der Waals surface area contributed by atoms with Crippen LogP contribution in [0.25, 0.3) is 0 Å². The van der Waals surface area contributed by atoms with Crippen molar-refractivity contribution in [1.82, 2.24) is 4.90 Å². The van der Waals surface area contributed by atoms with E-state index >= 15 is 0 Å². The first kappa shape index (κ1) is 18.3. The molecule has 1 aliphatic heterocycles. The van der Waals surface area contributed by atoms with Gasteiger partial charge < -0.3 is 9.64 Å². The van der Waals surface area contributed by atoms with E-state index in [0.29, 0.717) is 17.9 Å². The van der Waals surface area contributed by atoms with Crippen molar-refractivity contribution >= 4 is 21.6 Å². The number of carbonyl (C=O) groups excluding carboxylic acids is 1. The molecule has 138 valence electrons. The Balaban J connectivity index is 1.67. The highest BCUT2D eigenvalue weighted by Crippen LogP contribution is 2.21. The first-order chi connectivity index (χ1) is 12.5. The first-order valence-corrected chi connectivity index (χ1v) is 10.00. The topological polar surface area (TPSA) is 75.7 Å². The molecule has 1 amide bonds. The quantitative estimate of drug-likeness (QED) is 0.843. The number of ether oxygens (including phenoxy) is 1. The fourth-order valence-corrected chi connectivity index (χ4v) is 4.02. The van der Waals surface area contributed by atoms with Crippen molar-refractivity contribution < 1.29 is 17.9 Å². The SMILES string of the molecule is COc1cccc(S(=O)(=O)Nc2ccc(CC(=O)N3CCCC3)cc2)c1. The van der Waals surface area contributed by atoms with E-state index < -0.39 is 10.0 Å². The molecular weight excluding hydrogens is 352 g/mol. The summed E-state index contributed by atoms with van der Waals surface area (Å²) >= 11 is 0. The second kappa shape index (κ2) is 7.78. The van der Waals surface area contributed by atoms with E-state index in [4.69, 9.17) is 4.74 Å². The zero-order valence-electron chi connectivity index (χ0n) is 14.6. The van der Waals surface area contributed by atoms with E-state index in [9.17, 15) is 13.2 Å². The lowest BCUT2D eigenvalue weighted by Crippen LogP contribution is -2.29. The molecule has 2 aromatic rings. The Morgan fingerprint density at radius 2 is 1.81 bits per heavy atom. The van der Waals surface area contributed by atoms with Gasteiger partial charge in [-0.2, -0.15) is 0 Å². The summed E-state index contributed by atoms with van der Waals surface area (Å²) in [5.74, 6) is 0.593. The van der Waals surface area contributed by atoms with Gasteiger partial charge in [0.2, 0.25) is 5.91 Å². The number of hydrogen-bond acceptors (Lipinski definition) is 4. The highest BCUT2D eigenvalue weighted by Gasteiger charge is 2.18. The van der Waals surface area contributed by atoms with Gasteiger partial charge in [-0.15, -0.1) is 0 Å². The van der Waals surface area contributed by atoms with Crippen molar-refractivity contribution in [2.45, 2.75) is 24.2 Å². The van der Waals surface area contributed by atoms with Crippen LogP contribution in [0.15, 0.2) is 53.4 Å².